The summed E-state index contributed by atoms with van der Waals surface area (Å²) in [6, 6.07) is 0. The highest BCUT2D eigenvalue weighted by molar-refractivity contribution is 8.03. The van der Waals surface area contributed by atoms with Crippen LogP contribution in [-0.4, -0.2) is 58.1 Å². The van der Waals surface area contributed by atoms with Crippen LogP contribution in [-0.2, 0) is 14.3 Å². The van der Waals surface area contributed by atoms with Crippen LogP contribution in [0, 0.1) is 0 Å². The second kappa shape index (κ2) is 6.81. The van der Waals surface area contributed by atoms with Crippen LogP contribution in [0.5, 0.6) is 0 Å². The van der Waals surface area contributed by atoms with E-state index in [2.05, 4.69) is 4.90 Å². The largest absolute Gasteiger partial charge is 0.460 e. The fraction of sp³-hybridized carbons (Fsp3) is 0.625. The second-order valence-corrected chi connectivity index (χ2v) is 8.11. The summed E-state index contributed by atoms with van der Waals surface area (Å²) in [7, 11) is 0. The van der Waals surface area contributed by atoms with Gasteiger partial charge in [0.15, 0.2) is 0 Å². The Kier molecular flexibility index (Phi) is 4.96. The van der Waals surface area contributed by atoms with Crippen molar-refractivity contribution in [3.8, 4) is 0 Å². The molecule has 0 aliphatic carbocycles. The minimum absolute atomic E-state index is 0.100. The van der Waals surface area contributed by atoms with Gasteiger partial charge < -0.3 is 14.5 Å². The summed E-state index contributed by atoms with van der Waals surface area (Å²) in [4.78, 5) is 28.3. The Hall–Kier alpha value is -1.08. The fourth-order valence-electron chi connectivity index (χ4n) is 3.07. The molecule has 3 aliphatic heterocycles. The highest BCUT2D eigenvalue weighted by Crippen LogP contribution is 2.45. The van der Waals surface area contributed by atoms with Gasteiger partial charge in [-0.05, 0) is 13.8 Å². The molecule has 2 saturated heterocycles. The highest BCUT2D eigenvalue weighted by Gasteiger charge is 2.38. The lowest BCUT2D eigenvalue weighted by molar-refractivity contribution is -0.142. The number of hydrogen-bond acceptors (Lipinski definition) is 6. The topological polar surface area (TPSA) is 49.9 Å². The summed E-state index contributed by atoms with van der Waals surface area (Å²) < 4.78 is 5.36. The van der Waals surface area contributed by atoms with Gasteiger partial charge in [-0.2, -0.15) is 11.8 Å². The summed E-state index contributed by atoms with van der Waals surface area (Å²) in [5.74, 6) is 2.59. The van der Waals surface area contributed by atoms with E-state index >= 15 is 0 Å². The number of hydrogen-bond donors (Lipinski definition) is 0. The highest BCUT2D eigenvalue weighted by atomic mass is 32.2. The van der Waals surface area contributed by atoms with Gasteiger partial charge in [0, 0.05) is 49.4 Å². The Morgan fingerprint density at radius 2 is 1.96 bits per heavy atom. The lowest BCUT2D eigenvalue weighted by Crippen LogP contribution is -2.37. The molecule has 7 heteroatoms. The van der Waals surface area contributed by atoms with Gasteiger partial charge >= 0.3 is 5.97 Å². The van der Waals surface area contributed by atoms with E-state index < -0.39 is 0 Å². The zero-order valence-electron chi connectivity index (χ0n) is 13.8. The average molecular weight is 354 g/mol. The van der Waals surface area contributed by atoms with Gasteiger partial charge in [-0.25, -0.2) is 4.79 Å². The average Bonchev–Trinajstić information content (AvgIpc) is 3.07. The minimum atomic E-state index is -0.197. The molecule has 1 amide bonds. The van der Waals surface area contributed by atoms with Crippen LogP contribution >= 0.6 is 23.5 Å². The molecular weight excluding hydrogens is 332 g/mol. The molecule has 0 bridgehead atoms. The lowest BCUT2D eigenvalue weighted by Gasteiger charge is -2.32. The normalized spacial score (nSPS) is 24.5. The second-order valence-electron chi connectivity index (χ2n) is 6.04. The van der Waals surface area contributed by atoms with E-state index in [1.807, 2.05) is 30.5 Å². The van der Waals surface area contributed by atoms with Crippen molar-refractivity contribution in [1.82, 2.24) is 9.80 Å². The van der Waals surface area contributed by atoms with E-state index in [1.54, 1.807) is 18.7 Å². The predicted octanol–water partition coefficient (Wildman–Crippen LogP) is 2.41. The molecule has 0 atom stereocenters. The maximum absolute atomic E-state index is 12.2. The number of amides is 1. The molecule has 0 N–H and O–H groups in total. The Bertz CT molecular complexity index is 598. The standard InChI is InChI=1S/C16H22N2O3S2/c1-10(2)21-16(20)12-4-5-18-14(9-23-15(12)18)13-8-22-7-6-17(13)11(3)19/h10H,4-9H2,1-3H3. The van der Waals surface area contributed by atoms with Gasteiger partial charge in [0.25, 0.3) is 0 Å². The molecule has 3 rings (SSSR count). The van der Waals surface area contributed by atoms with Gasteiger partial charge in [0.05, 0.1) is 22.4 Å². The number of carbonyl (C=O) groups excluding carboxylic acids is 2. The summed E-state index contributed by atoms with van der Waals surface area (Å²) in [5.41, 5.74) is 3.10. The van der Waals surface area contributed by atoms with Gasteiger partial charge in [0.1, 0.15) is 0 Å². The zero-order valence-corrected chi connectivity index (χ0v) is 15.4. The van der Waals surface area contributed by atoms with E-state index in [0.717, 1.165) is 53.1 Å². The maximum atomic E-state index is 12.2. The molecular formula is C16H22N2O3S2. The van der Waals surface area contributed by atoms with Crippen molar-refractivity contribution >= 4 is 35.4 Å². The summed E-state index contributed by atoms with van der Waals surface area (Å²) in [6.45, 7) is 6.95. The Morgan fingerprint density at radius 1 is 1.17 bits per heavy atom. The van der Waals surface area contributed by atoms with Crippen LogP contribution in [0.2, 0.25) is 0 Å². The first-order chi connectivity index (χ1) is 11.0. The summed E-state index contributed by atoms with van der Waals surface area (Å²) in [6.07, 6.45) is 0.620. The Balaban J connectivity index is 1.88. The third-order valence-electron chi connectivity index (χ3n) is 4.09. The van der Waals surface area contributed by atoms with Gasteiger partial charge in [-0.1, -0.05) is 0 Å². The van der Waals surface area contributed by atoms with Crippen LogP contribution in [0.25, 0.3) is 0 Å². The first-order valence-electron chi connectivity index (χ1n) is 7.91. The monoisotopic (exact) mass is 354 g/mol. The van der Waals surface area contributed by atoms with E-state index in [0.29, 0.717) is 0 Å². The molecule has 0 radical (unpaired) electrons. The first-order valence-corrected chi connectivity index (χ1v) is 10.1. The maximum Gasteiger partial charge on any atom is 0.336 e. The molecule has 3 aliphatic rings. The number of ether oxygens (including phenoxy) is 1. The van der Waals surface area contributed by atoms with Crippen LogP contribution < -0.4 is 0 Å². The molecule has 3 heterocycles. The molecule has 0 spiro atoms. The first kappa shape index (κ1) is 16.8. The van der Waals surface area contributed by atoms with Crippen molar-refractivity contribution < 1.29 is 14.3 Å². The van der Waals surface area contributed by atoms with E-state index in [1.165, 1.54) is 5.70 Å². The third-order valence-corrected chi connectivity index (χ3v) is 6.19. The zero-order chi connectivity index (χ0) is 16.6. The van der Waals surface area contributed by atoms with Crippen molar-refractivity contribution in [2.75, 3.05) is 30.3 Å². The molecule has 0 unspecified atom stereocenters. The van der Waals surface area contributed by atoms with E-state index in [4.69, 9.17) is 4.74 Å². The summed E-state index contributed by atoms with van der Waals surface area (Å²) in [5, 5.41) is 1.03. The van der Waals surface area contributed by atoms with E-state index in [9.17, 15) is 9.59 Å². The molecule has 0 aromatic heterocycles. The van der Waals surface area contributed by atoms with Crippen LogP contribution in [0.15, 0.2) is 22.0 Å². The van der Waals surface area contributed by atoms with Crippen LogP contribution in [0.3, 0.4) is 0 Å². The van der Waals surface area contributed by atoms with Gasteiger partial charge in [-0.3, -0.25) is 4.79 Å². The quantitative estimate of drug-likeness (QED) is 0.710. The van der Waals surface area contributed by atoms with Crippen molar-refractivity contribution in [2.45, 2.75) is 33.3 Å². The predicted molar refractivity (Wildman–Crippen MR) is 93.8 cm³/mol. The van der Waals surface area contributed by atoms with Gasteiger partial charge in [-0.15, -0.1) is 11.8 Å². The fourth-order valence-corrected chi connectivity index (χ4v) is 5.35. The van der Waals surface area contributed by atoms with Gasteiger partial charge in [0.2, 0.25) is 5.91 Å². The number of nitrogens with zero attached hydrogens (tertiary/aromatic N) is 2. The van der Waals surface area contributed by atoms with Crippen molar-refractivity contribution in [3.63, 3.8) is 0 Å². The number of carbonyl (C=O) groups is 2. The van der Waals surface area contributed by atoms with Crippen molar-refractivity contribution in [1.29, 1.82) is 0 Å². The SMILES string of the molecule is CC(=O)N1CCSCC1=C1CSC2=C(C(=O)OC(C)C)CCN12. The molecule has 0 aromatic carbocycles. The smallest absolute Gasteiger partial charge is 0.336 e. The van der Waals surface area contributed by atoms with Crippen LogP contribution in [0.4, 0.5) is 0 Å². The van der Waals surface area contributed by atoms with Crippen molar-refractivity contribution in [3.05, 3.63) is 22.0 Å². The molecule has 2 fully saturated rings. The van der Waals surface area contributed by atoms with Crippen LogP contribution in [0.1, 0.15) is 27.2 Å². The lowest BCUT2D eigenvalue weighted by atomic mass is 10.2. The van der Waals surface area contributed by atoms with Crippen molar-refractivity contribution in [2.24, 2.45) is 0 Å². The summed E-state index contributed by atoms with van der Waals surface area (Å²) >= 11 is 3.56. The molecule has 23 heavy (non-hydrogen) atoms. The number of thioether (sulfide) groups is 2. The molecule has 0 saturated carbocycles. The third kappa shape index (κ3) is 3.26. The van der Waals surface area contributed by atoms with E-state index in [-0.39, 0.29) is 18.0 Å². The molecule has 126 valence electrons. The molecule has 0 aromatic rings. The number of esters is 1. The number of rotatable bonds is 2. The minimum Gasteiger partial charge on any atom is -0.460 e. The number of fused-ring (bicyclic) bond motifs is 1. The Labute approximate surface area is 145 Å². The Morgan fingerprint density at radius 3 is 2.65 bits per heavy atom. The molecule has 5 nitrogen and oxygen atoms in total.